The molecule has 0 spiro atoms. The van der Waals surface area contributed by atoms with Crippen molar-refractivity contribution in [2.45, 2.75) is 18.6 Å². The first-order valence-electron chi connectivity index (χ1n) is 5.67. The largest absolute Gasteiger partial charge is 0.478 e. The van der Waals surface area contributed by atoms with Crippen molar-refractivity contribution in [1.82, 2.24) is 0 Å². The molecule has 1 rings (SSSR count). The number of aromatic carboxylic acids is 1. The Morgan fingerprint density at radius 3 is 2.61 bits per heavy atom. The molecule has 0 aliphatic heterocycles. The maximum atomic E-state index is 11.8. The average Bonchev–Trinajstić information content (AvgIpc) is 2.28. The minimum atomic E-state index is -3.20. The lowest BCUT2D eigenvalue weighted by molar-refractivity contribution is 0.0696. The van der Waals surface area contributed by atoms with E-state index in [0.29, 0.717) is 24.9 Å². The molecule has 3 N–H and O–H groups in total. The van der Waals surface area contributed by atoms with Gasteiger partial charge in [0.1, 0.15) is 0 Å². The summed E-state index contributed by atoms with van der Waals surface area (Å²) < 4.78 is 23.5. The van der Waals surface area contributed by atoms with Crippen LogP contribution in [-0.4, -0.2) is 31.8 Å². The molecule has 0 aromatic heterocycles. The average molecular weight is 271 g/mol. The minimum Gasteiger partial charge on any atom is -0.478 e. The van der Waals surface area contributed by atoms with Gasteiger partial charge in [-0.15, -0.1) is 0 Å². The molecule has 0 bridgehead atoms. The number of benzene rings is 1. The topological polar surface area (TPSA) is 97.5 Å². The lowest BCUT2D eigenvalue weighted by Crippen LogP contribution is -2.11. The van der Waals surface area contributed by atoms with Crippen LogP contribution in [-0.2, 0) is 15.6 Å². The molecule has 0 fully saturated rings. The van der Waals surface area contributed by atoms with Crippen LogP contribution in [0.2, 0.25) is 0 Å². The number of carbonyl (C=O) groups is 1. The van der Waals surface area contributed by atoms with Crippen molar-refractivity contribution in [3.05, 3.63) is 35.4 Å². The van der Waals surface area contributed by atoms with Crippen LogP contribution in [0.4, 0.5) is 0 Å². The smallest absolute Gasteiger partial charge is 0.335 e. The fraction of sp³-hybridized carbons (Fsp3) is 0.417. The van der Waals surface area contributed by atoms with E-state index in [1.807, 2.05) is 0 Å². The fourth-order valence-corrected chi connectivity index (χ4v) is 3.06. The van der Waals surface area contributed by atoms with Gasteiger partial charge < -0.3 is 10.8 Å². The highest BCUT2D eigenvalue weighted by atomic mass is 32.2. The van der Waals surface area contributed by atoms with E-state index in [0.717, 1.165) is 0 Å². The zero-order valence-electron chi connectivity index (χ0n) is 10.0. The van der Waals surface area contributed by atoms with Crippen LogP contribution in [0.15, 0.2) is 24.3 Å². The van der Waals surface area contributed by atoms with Crippen molar-refractivity contribution >= 4 is 15.8 Å². The van der Waals surface area contributed by atoms with E-state index in [4.69, 9.17) is 10.8 Å². The predicted molar refractivity (Wildman–Crippen MR) is 69.2 cm³/mol. The number of hydrogen-bond donors (Lipinski definition) is 2. The van der Waals surface area contributed by atoms with Crippen LogP contribution in [0, 0.1) is 0 Å². The van der Waals surface area contributed by atoms with E-state index >= 15 is 0 Å². The molecule has 0 unspecified atom stereocenters. The van der Waals surface area contributed by atoms with Crippen LogP contribution in [0.25, 0.3) is 0 Å². The normalized spacial score (nSPS) is 11.4. The molecule has 0 aliphatic rings. The third kappa shape index (κ3) is 4.85. The summed E-state index contributed by atoms with van der Waals surface area (Å²) in [6.07, 6.45) is 1.21. The van der Waals surface area contributed by atoms with Crippen molar-refractivity contribution in [3.8, 4) is 0 Å². The Kier molecular flexibility index (Phi) is 5.30. The summed E-state index contributed by atoms with van der Waals surface area (Å²) in [4.78, 5) is 10.8. The van der Waals surface area contributed by atoms with E-state index < -0.39 is 15.8 Å². The molecule has 0 radical (unpaired) electrons. The van der Waals surface area contributed by atoms with Crippen LogP contribution in [0.1, 0.15) is 28.8 Å². The van der Waals surface area contributed by atoms with Crippen molar-refractivity contribution < 1.29 is 18.3 Å². The van der Waals surface area contributed by atoms with Crippen LogP contribution in [0.3, 0.4) is 0 Å². The Bertz CT molecular complexity index is 511. The monoisotopic (exact) mass is 271 g/mol. The first-order valence-corrected chi connectivity index (χ1v) is 7.49. The van der Waals surface area contributed by atoms with Crippen molar-refractivity contribution in [3.63, 3.8) is 0 Å². The maximum absolute atomic E-state index is 11.8. The Balaban J connectivity index is 2.72. The molecular weight excluding hydrogens is 254 g/mol. The summed E-state index contributed by atoms with van der Waals surface area (Å²) in [6, 6.07) is 6.00. The zero-order chi connectivity index (χ0) is 13.6. The molecule has 0 heterocycles. The number of hydrogen-bond acceptors (Lipinski definition) is 4. The number of carboxylic acid groups (broad SMARTS) is 1. The zero-order valence-corrected chi connectivity index (χ0v) is 10.8. The molecule has 100 valence electrons. The van der Waals surface area contributed by atoms with E-state index in [9.17, 15) is 13.2 Å². The lowest BCUT2D eigenvalue weighted by atomic mass is 10.1. The molecule has 0 saturated heterocycles. The summed E-state index contributed by atoms with van der Waals surface area (Å²) >= 11 is 0. The van der Waals surface area contributed by atoms with Gasteiger partial charge in [0.15, 0.2) is 9.84 Å². The molecule has 6 heteroatoms. The summed E-state index contributed by atoms with van der Waals surface area (Å²) in [5.74, 6) is -1.10. The van der Waals surface area contributed by atoms with E-state index in [-0.39, 0.29) is 17.1 Å². The second-order valence-corrected chi connectivity index (χ2v) is 6.28. The van der Waals surface area contributed by atoms with Crippen molar-refractivity contribution in [2.24, 2.45) is 5.73 Å². The van der Waals surface area contributed by atoms with Crippen molar-refractivity contribution in [2.75, 3.05) is 12.3 Å². The molecule has 0 atom stereocenters. The van der Waals surface area contributed by atoms with Crippen molar-refractivity contribution in [1.29, 1.82) is 0 Å². The Labute approximate surface area is 107 Å². The van der Waals surface area contributed by atoms with Gasteiger partial charge in [0.25, 0.3) is 0 Å². The number of rotatable bonds is 7. The third-order valence-corrected chi connectivity index (χ3v) is 4.15. The Hall–Kier alpha value is -1.40. The minimum absolute atomic E-state index is 0.0848. The fourth-order valence-electron chi connectivity index (χ4n) is 1.59. The number of carboxylic acids is 1. The second kappa shape index (κ2) is 6.51. The first kappa shape index (κ1) is 14.7. The summed E-state index contributed by atoms with van der Waals surface area (Å²) in [7, 11) is -3.20. The highest BCUT2D eigenvalue weighted by Crippen LogP contribution is 2.11. The highest BCUT2D eigenvalue weighted by molar-refractivity contribution is 7.90. The van der Waals surface area contributed by atoms with Crippen LogP contribution in [0.5, 0.6) is 0 Å². The van der Waals surface area contributed by atoms with Gasteiger partial charge in [-0.1, -0.05) is 12.1 Å². The third-order valence-electron chi connectivity index (χ3n) is 2.47. The van der Waals surface area contributed by atoms with Gasteiger partial charge >= 0.3 is 5.97 Å². The number of nitrogens with two attached hydrogens (primary N) is 1. The van der Waals surface area contributed by atoms with Gasteiger partial charge in [-0.2, -0.15) is 0 Å². The maximum Gasteiger partial charge on any atom is 0.335 e. The lowest BCUT2D eigenvalue weighted by Gasteiger charge is -2.05. The summed E-state index contributed by atoms with van der Waals surface area (Å²) in [5, 5.41) is 8.82. The summed E-state index contributed by atoms with van der Waals surface area (Å²) in [5.41, 5.74) is 5.91. The van der Waals surface area contributed by atoms with E-state index in [1.165, 1.54) is 12.1 Å². The SMILES string of the molecule is NCCCCS(=O)(=O)Cc1cccc(C(=O)O)c1. The standard InChI is InChI=1S/C12H17NO4S/c13-6-1-2-7-18(16,17)9-10-4-3-5-11(8-10)12(14)15/h3-5,8H,1-2,6-7,9,13H2,(H,14,15). The molecule has 1 aromatic carbocycles. The van der Waals surface area contributed by atoms with E-state index in [2.05, 4.69) is 0 Å². The van der Waals surface area contributed by atoms with Gasteiger partial charge in [0, 0.05) is 0 Å². The van der Waals surface area contributed by atoms with Gasteiger partial charge in [-0.25, -0.2) is 13.2 Å². The molecule has 1 aromatic rings. The van der Waals surface area contributed by atoms with Gasteiger partial charge in [0.2, 0.25) is 0 Å². The number of sulfone groups is 1. The summed E-state index contributed by atoms with van der Waals surface area (Å²) in [6.45, 7) is 0.476. The van der Waals surface area contributed by atoms with Gasteiger partial charge in [-0.3, -0.25) is 0 Å². The Morgan fingerprint density at radius 1 is 1.28 bits per heavy atom. The second-order valence-electron chi connectivity index (χ2n) is 4.09. The van der Waals surface area contributed by atoms with Gasteiger partial charge in [0.05, 0.1) is 17.1 Å². The van der Waals surface area contributed by atoms with Crippen LogP contribution < -0.4 is 5.73 Å². The molecule has 0 aliphatic carbocycles. The molecular formula is C12H17NO4S. The quantitative estimate of drug-likeness (QED) is 0.722. The first-order chi connectivity index (χ1) is 8.44. The molecule has 18 heavy (non-hydrogen) atoms. The molecule has 0 saturated carbocycles. The molecule has 0 amide bonds. The van der Waals surface area contributed by atoms with E-state index in [1.54, 1.807) is 12.1 Å². The predicted octanol–water partition coefficient (Wildman–Crippen LogP) is 1.04. The number of unbranched alkanes of at least 4 members (excludes halogenated alkanes) is 1. The van der Waals surface area contributed by atoms with Crippen LogP contribution >= 0.6 is 0 Å². The molecule has 5 nitrogen and oxygen atoms in total. The Morgan fingerprint density at radius 2 is 2.00 bits per heavy atom. The highest BCUT2D eigenvalue weighted by Gasteiger charge is 2.12. The van der Waals surface area contributed by atoms with Gasteiger partial charge in [-0.05, 0) is 37.1 Å².